The predicted molar refractivity (Wildman–Crippen MR) is 95.4 cm³/mol. The van der Waals surface area contributed by atoms with Crippen molar-refractivity contribution in [2.24, 2.45) is 5.92 Å². The Morgan fingerprint density at radius 3 is 2.75 bits per heavy atom. The number of para-hydroxylation sites is 1. The van der Waals surface area contributed by atoms with Crippen LogP contribution in [0, 0.1) is 5.92 Å². The summed E-state index contributed by atoms with van der Waals surface area (Å²) in [6.45, 7) is 6.49. The van der Waals surface area contributed by atoms with Crippen molar-refractivity contribution in [2.45, 2.75) is 26.2 Å². The molecule has 0 radical (unpaired) electrons. The van der Waals surface area contributed by atoms with E-state index in [9.17, 15) is 4.79 Å². The average Bonchev–Trinajstić information content (AvgIpc) is 3.11. The highest BCUT2D eigenvalue weighted by atomic mass is 16.1. The maximum absolute atomic E-state index is 12.2. The van der Waals surface area contributed by atoms with Crippen LogP contribution in [0.5, 0.6) is 0 Å². The van der Waals surface area contributed by atoms with Gasteiger partial charge in [-0.15, -0.1) is 0 Å². The molecule has 1 fully saturated rings. The van der Waals surface area contributed by atoms with Crippen LogP contribution in [0.2, 0.25) is 0 Å². The highest BCUT2D eigenvalue weighted by molar-refractivity contribution is 5.93. The van der Waals surface area contributed by atoms with Gasteiger partial charge in [-0.1, -0.05) is 25.1 Å². The zero-order valence-electron chi connectivity index (χ0n) is 14.3. The minimum atomic E-state index is -0.0514. The second kappa shape index (κ2) is 8.11. The van der Waals surface area contributed by atoms with E-state index in [0.717, 1.165) is 24.6 Å². The van der Waals surface area contributed by atoms with Crippen LogP contribution in [0.3, 0.4) is 0 Å². The third kappa shape index (κ3) is 4.45. The van der Waals surface area contributed by atoms with E-state index in [0.29, 0.717) is 12.1 Å². The standard InChI is InChI=1S/C19H26N4O/c1-16-8-12-22(13-9-16)11-5-10-20-19(24)17-14-21-23(15-17)18-6-3-2-4-7-18/h2-4,6-7,14-16H,5,8-13H2,1H3,(H,20,24). The Morgan fingerprint density at radius 1 is 1.25 bits per heavy atom. The van der Waals surface area contributed by atoms with Crippen LogP contribution in [0.4, 0.5) is 0 Å². The minimum absolute atomic E-state index is 0.0514. The molecule has 1 aromatic heterocycles. The summed E-state index contributed by atoms with van der Waals surface area (Å²) in [5.74, 6) is 0.812. The molecule has 2 aromatic rings. The van der Waals surface area contributed by atoms with E-state index >= 15 is 0 Å². The quantitative estimate of drug-likeness (QED) is 0.831. The average molecular weight is 326 g/mol. The van der Waals surface area contributed by atoms with Crippen molar-refractivity contribution in [3.8, 4) is 5.69 Å². The van der Waals surface area contributed by atoms with E-state index < -0.39 is 0 Å². The lowest BCUT2D eigenvalue weighted by Gasteiger charge is -2.30. The van der Waals surface area contributed by atoms with Gasteiger partial charge in [-0.2, -0.15) is 5.10 Å². The smallest absolute Gasteiger partial charge is 0.254 e. The largest absolute Gasteiger partial charge is 0.352 e. The van der Waals surface area contributed by atoms with Crippen LogP contribution >= 0.6 is 0 Å². The Morgan fingerprint density at radius 2 is 2.00 bits per heavy atom. The number of likely N-dealkylation sites (tertiary alicyclic amines) is 1. The number of carbonyl (C=O) groups is 1. The van der Waals surface area contributed by atoms with Crippen molar-refractivity contribution in [2.75, 3.05) is 26.2 Å². The number of piperidine rings is 1. The minimum Gasteiger partial charge on any atom is -0.352 e. The number of aromatic nitrogens is 2. The van der Waals surface area contributed by atoms with E-state index in [1.54, 1.807) is 17.1 Å². The first-order chi connectivity index (χ1) is 11.7. The lowest BCUT2D eigenvalue weighted by atomic mass is 9.99. The van der Waals surface area contributed by atoms with Gasteiger partial charge < -0.3 is 10.2 Å². The van der Waals surface area contributed by atoms with E-state index in [4.69, 9.17) is 0 Å². The Kier molecular flexibility index (Phi) is 5.64. The SMILES string of the molecule is CC1CCN(CCCNC(=O)c2cnn(-c3ccccc3)c2)CC1. The molecule has 0 bridgehead atoms. The van der Waals surface area contributed by atoms with Gasteiger partial charge in [-0.3, -0.25) is 4.79 Å². The maximum atomic E-state index is 12.2. The van der Waals surface area contributed by atoms with Crippen LogP contribution in [0.1, 0.15) is 36.5 Å². The summed E-state index contributed by atoms with van der Waals surface area (Å²) in [6.07, 6.45) is 6.98. The van der Waals surface area contributed by atoms with Crippen LogP contribution in [-0.4, -0.2) is 46.8 Å². The second-order valence-electron chi connectivity index (χ2n) is 6.64. The molecule has 1 saturated heterocycles. The molecular weight excluding hydrogens is 300 g/mol. The van der Waals surface area contributed by atoms with Crippen LogP contribution in [-0.2, 0) is 0 Å². The number of nitrogens with zero attached hydrogens (tertiary/aromatic N) is 3. The monoisotopic (exact) mass is 326 g/mol. The molecule has 128 valence electrons. The highest BCUT2D eigenvalue weighted by Gasteiger charge is 2.15. The molecule has 0 aliphatic carbocycles. The third-order valence-electron chi connectivity index (χ3n) is 4.68. The van der Waals surface area contributed by atoms with Gasteiger partial charge in [-0.05, 0) is 56.9 Å². The normalized spacial score (nSPS) is 16.2. The molecule has 5 heteroatoms. The topological polar surface area (TPSA) is 50.2 Å². The molecule has 1 N–H and O–H groups in total. The Balaban J connectivity index is 1.42. The van der Waals surface area contributed by atoms with Crippen molar-refractivity contribution in [1.82, 2.24) is 20.0 Å². The van der Waals surface area contributed by atoms with Gasteiger partial charge >= 0.3 is 0 Å². The summed E-state index contributed by atoms with van der Waals surface area (Å²) < 4.78 is 1.73. The lowest BCUT2D eigenvalue weighted by Crippen LogP contribution is -2.35. The number of hydrogen-bond donors (Lipinski definition) is 1. The maximum Gasteiger partial charge on any atom is 0.254 e. The van der Waals surface area contributed by atoms with E-state index in [-0.39, 0.29) is 5.91 Å². The first-order valence-corrected chi connectivity index (χ1v) is 8.83. The number of rotatable bonds is 6. The lowest BCUT2D eigenvalue weighted by molar-refractivity contribution is 0.0950. The molecule has 1 amide bonds. The molecule has 1 aliphatic heterocycles. The Labute approximate surface area is 143 Å². The molecule has 2 heterocycles. The summed E-state index contributed by atoms with van der Waals surface area (Å²) in [4.78, 5) is 14.7. The van der Waals surface area contributed by atoms with Crippen LogP contribution in [0.25, 0.3) is 5.69 Å². The summed E-state index contributed by atoms with van der Waals surface area (Å²) in [6, 6.07) is 9.81. The first-order valence-electron chi connectivity index (χ1n) is 8.83. The fourth-order valence-electron chi connectivity index (χ4n) is 3.05. The van der Waals surface area contributed by atoms with Crippen LogP contribution in [0.15, 0.2) is 42.7 Å². The fourth-order valence-corrected chi connectivity index (χ4v) is 3.05. The molecule has 5 nitrogen and oxygen atoms in total. The first kappa shape index (κ1) is 16.7. The molecule has 0 saturated carbocycles. The van der Waals surface area contributed by atoms with Gasteiger partial charge in [0.2, 0.25) is 0 Å². The van der Waals surface area contributed by atoms with Gasteiger partial charge in [0.05, 0.1) is 17.4 Å². The summed E-state index contributed by atoms with van der Waals surface area (Å²) in [5, 5.41) is 7.26. The number of hydrogen-bond acceptors (Lipinski definition) is 3. The molecule has 0 spiro atoms. The van der Waals surface area contributed by atoms with Gasteiger partial charge in [-0.25, -0.2) is 4.68 Å². The van der Waals surface area contributed by atoms with Crippen molar-refractivity contribution in [3.05, 3.63) is 48.3 Å². The second-order valence-corrected chi connectivity index (χ2v) is 6.64. The molecule has 24 heavy (non-hydrogen) atoms. The van der Waals surface area contributed by atoms with Crippen molar-refractivity contribution >= 4 is 5.91 Å². The molecule has 1 aromatic carbocycles. The number of amides is 1. The summed E-state index contributed by atoms with van der Waals surface area (Å²) >= 11 is 0. The molecule has 1 aliphatic rings. The summed E-state index contributed by atoms with van der Waals surface area (Å²) in [5.41, 5.74) is 1.56. The van der Waals surface area contributed by atoms with Crippen LogP contribution < -0.4 is 5.32 Å². The van der Waals surface area contributed by atoms with Gasteiger partial charge in [0, 0.05) is 12.7 Å². The number of nitrogens with one attached hydrogen (secondary N) is 1. The number of benzene rings is 1. The van der Waals surface area contributed by atoms with Crippen molar-refractivity contribution < 1.29 is 4.79 Å². The predicted octanol–water partition coefficient (Wildman–Crippen LogP) is 2.72. The van der Waals surface area contributed by atoms with E-state index in [2.05, 4.69) is 22.2 Å². The van der Waals surface area contributed by atoms with Crippen molar-refractivity contribution in [1.29, 1.82) is 0 Å². The Hall–Kier alpha value is -2.14. The molecular formula is C19H26N4O. The Bertz CT molecular complexity index is 644. The third-order valence-corrected chi connectivity index (χ3v) is 4.68. The highest BCUT2D eigenvalue weighted by Crippen LogP contribution is 2.15. The molecule has 0 atom stereocenters. The molecule has 0 unspecified atom stereocenters. The van der Waals surface area contributed by atoms with E-state index in [1.165, 1.54) is 25.9 Å². The van der Waals surface area contributed by atoms with Gasteiger partial charge in [0.25, 0.3) is 5.91 Å². The zero-order valence-corrected chi connectivity index (χ0v) is 14.3. The fraction of sp³-hybridized carbons (Fsp3) is 0.474. The zero-order chi connectivity index (χ0) is 16.8. The molecule has 3 rings (SSSR count). The van der Waals surface area contributed by atoms with Crippen molar-refractivity contribution in [3.63, 3.8) is 0 Å². The number of carbonyl (C=O) groups excluding carboxylic acids is 1. The van der Waals surface area contributed by atoms with Gasteiger partial charge in [0.1, 0.15) is 0 Å². The van der Waals surface area contributed by atoms with Gasteiger partial charge in [0.15, 0.2) is 0 Å². The van der Waals surface area contributed by atoms with E-state index in [1.807, 2.05) is 30.3 Å². The summed E-state index contributed by atoms with van der Waals surface area (Å²) in [7, 11) is 0.